The van der Waals surface area contributed by atoms with Crippen LogP contribution in [0, 0.1) is 5.92 Å². The van der Waals surface area contributed by atoms with Gasteiger partial charge in [-0.3, -0.25) is 0 Å². The number of nitrogens with zero attached hydrogens (tertiary/aromatic N) is 1. The topological polar surface area (TPSA) is 74.2 Å². The Hall–Kier alpha value is -2.27. The SMILES string of the molecule is C=CCC(N)C1CCN(C(=O)NCCc2c[nH]c3ccccc23)CC1. The second-order valence-corrected chi connectivity index (χ2v) is 6.85. The number of rotatable bonds is 6. The summed E-state index contributed by atoms with van der Waals surface area (Å²) in [6.07, 6.45) is 7.55. The van der Waals surface area contributed by atoms with Crippen LogP contribution in [0.15, 0.2) is 43.1 Å². The molecule has 2 aromatic rings. The molecule has 1 unspecified atom stereocenters. The molecule has 0 aliphatic carbocycles. The molecule has 0 saturated carbocycles. The number of urea groups is 1. The number of benzene rings is 1. The van der Waals surface area contributed by atoms with E-state index in [2.05, 4.69) is 29.0 Å². The smallest absolute Gasteiger partial charge is 0.317 e. The van der Waals surface area contributed by atoms with Gasteiger partial charge in [0, 0.05) is 42.8 Å². The van der Waals surface area contributed by atoms with Crippen molar-refractivity contribution in [1.29, 1.82) is 0 Å². The molecule has 1 fully saturated rings. The Labute approximate surface area is 149 Å². The maximum absolute atomic E-state index is 12.4. The minimum absolute atomic E-state index is 0.0376. The highest BCUT2D eigenvalue weighted by molar-refractivity contribution is 5.83. The molecule has 0 spiro atoms. The Bertz CT molecular complexity index is 715. The fourth-order valence-electron chi connectivity index (χ4n) is 3.67. The molecule has 1 saturated heterocycles. The van der Waals surface area contributed by atoms with Crippen LogP contribution in [0.5, 0.6) is 0 Å². The number of H-pyrrole nitrogens is 1. The number of hydrogen-bond donors (Lipinski definition) is 3. The second kappa shape index (κ2) is 8.21. The van der Waals surface area contributed by atoms with Gasteiger partial charge in [0.05, 0.1) is 0 Å². The van der Waals surface area contributed by atoms with Gasteiger partial charge in [-0.2, -0.15) is 0 Å². The molecule has 1 aromatic carbocycles. The lowest BCUT2D eigenvalue weighted by Gasteiger charge is -2.34. The van der Waals surface area contributed by atoms with Crippen molar-refractivity contribution in [1.82, 2.24) is 15.2 Å². The van der Waals surface area contributed by atoms with E-state index in [0.29, 0.717) is 12.5 Å². The van der Waals surface area contributed by atoms with Gasteiger partial charge >= 0.3 is 6.03 Å². The molecular weight excluding hydrogens is 312 g/mol. The molecule has 0 radical (unpaired) electrons. The average Bonchev–Trinajstić information content (AvgIpc) is 3.05. The van der Waals surface area contributed by atoms with E-state index in [0.717, 1.165) is 44.3 Å². The molecule has 4 N–H and O–H groups in total. The number of piperidine rings is 1. The predicted octanol–water partition coefficient (Wildman–Crippen LogP) is 3.04. The molecular formula is C20H28N4O. The van der Waals surface area contributed by atoms with Crippen LogP contribution in [0.3, 0.4) is 0 Å². The lowest BCUT2D eigenvalue weighted by atomic mass is 9.88. The number of likely N-dealkylation sites (tertiary alicyclic amines) is 1. The van der Waals surface area contributed by atoms with Gasteiger partial charge in [-0.25, -0.2) is 4.79 Å². The van der Waals surface area contributed by atoms with Crippen molar-refractivity contribution in [3.8, 4) is 0 Å². The van der Waals surface area contributed by atoms with Crippen molar-refractivity contribution < 1.29 is 4.79 Å². The molecule has 1 atom stereocenters. The summed E-state index contributed by atoms with van der Waals surface area (Å²) < 4.78 is 0. The first-order chi connectivity index (χ1) is 12.2. The Kier molecular flexibility index (Phi) is 5.76. The van der Waals surface area contributed by atoms with E-state index in [1.807, 2.05) is 29.3 Å². The van der Waals surface area contributed by atoms with Crippen molar-refractivity contribution in [3.05, 3.63) is 48.7 Å². The van der Waals surface area contributed by atoms with E-state index in [9.17, 15) is 4.79 Å². The van der Waals surface area contributed by atoms with Gasteiger partial charge in [-0.1, -0.05) is 24.3 Å². The van der Waals surface area contributed by atoms with Crippen LogP contribution in [-0.4, -0.2) is 41.6 Å². The Morgan fingerprint density at radius 2 is 2.16 bits per heavy atom. The number of para-hydroxylation sites is 1. The minimum atomic E-state index is 0.0376. The van der Waals surface area contributed by atoms with Crippen molar-refractivity contribution in [2.45, 2.75) is 31.7 Å². The highest BCUT2D eigenvalue weighted by Gasteiger charge is 2.25. The molecule has 134 valence electrons. The van der Waals surface area contributed by atoms with Crippen LogP contribution in [0.25, 0.3) is 10.9 Å². The summed E-state index contributed by atoms with van der Waals surface area (Å²) in [6, 6.07) is 8.45. The number of aromatic amines is 1. The normalized spacial score (nSPS) is 16.8. The number of aromatic nitrogens is 1. The van der Waals surface area contributed by atoms with Gasteiger partial charge < -0.3 is 20.9 Å². The van der Waals surface area contributed by atoms with Crippen molar-refractivity contribution in [2.75, 3.05) is 19.6 Å². The lowest BCUT2D eigenvalue weighted by Crippen LogP contribution is -2.47. The summed E-state index contributed by atoms with van der Waals surface area (Å²) in [5.41, 5.74) is 8.55. The van der Waals surface area contributed by atoms with Crippen molar-refractivity contribution >= 4 is 16.9 Å². The monoisotopic (exact) mass is 340 g/mol. The van der Waals surface area contributed by atoms with E-state index in [4.69, 9.17) is 5.73 Å². The summed E-state index contributed by atoms with van der Waals surface area (Å²) in [5.74, 6) is 0.494. The molecule has 1 aromatic heterocycles. The van der Waals surface area contributed by atoms with Gasteiger partial charge in [0.25, 0.3) is 0 Å². The van der Waals surface area contributed by atoms with E-state index in [-0.39, 0.29) is 12.1 Å². The van der Waals surface area contributed by atoms with E-state index in [1.165, 1.54) is 10.9 Å². The van der Waals surface area contributed by atoms with Gasteiger partial charge in [0.2, 0.25) is 0 Å². The number of carbonyl (C=O) groups excluding carboxylic acids is 1. The van der Waals surface area contributed by atoms with Crippen LogP contribution in [0.1, 0.15) is 24.8 Å². The van der Waals surface area contributed by atoms with E-state index < -0.39 is 0 Å². The molecule has 3 rings (SSSR count). The molecule has 25 heavy (non-hydrogen) atoms. The third-order valence-electron chi connectivity index (χ3n) is 5.22. The number of nitrogens with one attached hydrogen (secondary N) is 2. The fourth-order valence-corrected chi connectivity index (χ4v) is 3.67. The number of amides is 2. The summed E-state index contributed by atoms with van der Waals surface area (Å²) in [7, 11) is 0. The molecule has 5 nitrogen and oxygen atoms in total. The Morgan fingerprint density at radius 1 is 1.40 bits per heavy atom. The fraction of sp³-hybridized carbons (Fsp3) is 0.450. The average molecular weight is 340 g/mol. The molecule has 1 aliphatic rings. The highest BCUT2D eigenvalue weighted by Crippen LogP contribution is 2.21. The third-order valence-corrected chi connectivity index (χ3v) is 5.22. The Balaban J connectivity index is 1.43. The predicted molar refractivity (Wildman–Crippen MR) is 102 cm³/mol. The molecule has 2 amide bonds. The molecule has 2 heterocycles. The first kappa shape index (κ1) is 17.5. The number of hydrogen-bond acceptors (Lipinski definition) is 2. The summed E-state index contributed by atoms with van der Waals surface area (Å²) in [4.78, 5) is 17.5. The van der Waals surface area contributed by atoms with Crippen LogP contribution >= 0.6 is 0 Å². The quantitative estimate of drug-likeness (QED) is 0.707. The van der Waals surface area contributed by atoms with Crippen LogP contribution in [0.2, 0.25) is 0 Å². The zero-order valence-electron chi connectivity index (χ0n) is 14.7. The maximum Gasteiger partial charge on any atom is 0.317 e. The van der Waals surface area contributed by atoms with Gasteiger partial charge in [-0.05, 0) is 43.2 Å². The summed E-state index contributed by atoms with van der Waals surface area (Å²) in [6.45, 7) is 5.98. The lowest BCUT2D eigenvalue weighted by molar-refractivity contribution is 0.163. The molecule has 0 bridgehead atoms. The van der Waals surface area contributed by atoms with E-state index >= 15 is 0 Å². The summed E-state index contributed by atoms with van der Waals surface area (Å²) >= 11 is 0. The number of nitrogens with two attached hydrogens (primary N) is 1. The zero-order valence-corrected chi connectivity index (χ0v) is 14.7. The van der Waals surface area contributed by atoms with Gasteiger partial charge in [-0.15, -0.1) is 6.58 Å². The minimum Gasteiger partial charge on any atom is -0.361 e. The largest absolute Gasteiger partial charge is 0.361 e. The van der Waals surface area contributed by atoms with Crippen LogP contribution < -0.4 is 11.1 Å². The third kappa shape index (κ3) is 4.23. The van der Waals surface area contributed by atoms with Gasteiger partial charge in [0.1, 0.15) is 0 Å². The molecule has 5 heteroatoms. The first-order valence-electron chi connectivity index (χ1n) is 9.13. The van der Waals surface area contributed by atoms with Crippen molar-refractivity contribution in [3.63, 3.8) is 0 Å². The maximum atomic E-state index is 12.4. The Morgan fingerprint density at radius 3 is 2.92 bits per heavy atom. The zero-order chi connectivity index (χ0) is 17.6. The van der Waals surface area contributed by atoms with Crippen LogP contribution in [0.4, 0.5) is 4.79 Å². The molecule has 1 aliphatic heterocycles. The highest BCUT2D eigenvalue weighted by atomic mass is 16.2. The van der Waals surface area contributed by atoms with Crippen molar-refractivity contribution in [2.24, 2.45) is 11.7 Å². The second-order valence-electron chi connectivity index (χ2n) is 6.85. The van der Waals surface area contributed by atoms with Crippen LogP contribution in [-0.2, 0) is 6.42 Å². The standard InChI is InChI=1S/C20H28N4O/c1-2-5-18(21)15-9-12-24(13-10-15)20(25)22-11-8-16-14-23-19-7-4-3-6-17(16)19/h2-4,6-7,14-15,18,23H,1,5,8-13,21H2,(H,22,25). The first-order valence-corrected chi connectivity index (χ1v) is 9.13. The number of carbonyl (C=O) groups is 1. The van der Waals surface area contributed by atoms with Gasteiger partial charge in [0.15, 0.2) is 0 Å². The van der Waals surface area contributed by atoms with E-state index in [1.54, 1.807) is 0 Å². The summed E-state index contributed by atoms with van der Waals surface area (Å²) in [5, 5.41) is 4.28. The number of fused-ring (bicyclic) bond motifs is 1.